The van der Waals surface area contributed by atoms with E-state index in [1.165, 1.54) is 16.8 Å². The van der Waals surface area contributed by atoms with Crippen LogP contribution in [-0.2, 0) is 13.0 Å². The molecule has 194 valence electrons. The number of hydrogen-bond donors (Lipinski definition) is 3. The number of rotatable bonds is 7. The highest BCUT2D eigenvalue weighted by molar-refractivity contribution is 5.96. The fraction of sp³-hybridized carbons (Fsp3) is 0.414. The van der Waals surface area contributed by atoms with E-state index in [1.54, 1.807) is 0 Å². The minimum absolute atomic E-state index is 0.0465. The Morgan fingerprint density at radius 2 is 1.86 bits per heavy atom. The van der Waals surface area contributed by atoms with Crippen molar-refractivity contribution in [2.75, 3.05) is 24.7 Å². The molecule has 2 aromatic carbocycles. The Morgan fingerprint density at radius 1 is 1.08 bits per heavy atom. The number of aryl methyl sites for hydroxylation is 3. The Hall–Kier alpha value is -3.49. The van der Waals surface area contributed by atoms with Gasteiger partial charge in [-0.1, -0.05) is 32.0 Å². The van der Waals surface area contributed by atoms with Gasteiger partial charge < -0.3 is 19.8 Å². The van der Waals surface area contributed by atoms with E-state index in [0.717, 1.165) is 51.9 Å². The minimum atomic E-state index is -0.986. The number of aliphatic hydroxyl groups excluding tert-OH is 2. The topological polar surface area (TPSA) is 107 Å². The highest BCUT2D eigenvalue weighted by atomic mass is 16.5. The summed E-state index contributed by atoms with van der Waals surface area (Å²) in [4.78, 5) is 12.3. The van der Waals surface area contributed by atoms with Gasteiger partial charge in [-0.15, -0.1) is 0 Å². The lowest BCUT2D eigenvalue weighted by Gasteiger charge is -2.33. The summed E-state index contributed by atoms with van der Waals surface area (Å²) in [5.41, 5.74) is 9.41. The van der Waals surface area contributed by atoms with Gasteiger partial charge in [-0.05, 0) is 55.5 Å². The fourth-order valence-electron chi connectivity index (χ4n) is 5.04. The van der Waals surface area contributed by atoms with E-state index in [4.69, 9.17) is 14.7 Å². The van der Waals surface area contributed by atoms with Crippen LogP contribution in [0.1, 0.15) is 53.4 Å². The van der Waals surface area contributed by atoms with E-state index in [9.17, 15) is 10.2 Å². The summed E-state index contributed by atoms with van der Waals surface area (Å²) in [7, 11) is 0. The Labute approximate surface area is 217 Å². The molecule has 37 heavy (non-hydrogen) atoms. The van der Waals surface area contributed by atoms with Crippen molar-refractivity contribution in [2.24, 2.45) is 0 Å². The number of benzene rings is 2. The van der Waals surface area contributed by atoms with Crippen LogP contribution in [0.5, 0.6) is 5.88 Å². The zero-order valence-electron chi connectivity index (χ0n) is 22.2. The molecule has 0 bridgehead atoms. The summed E-state index contributed by atoms with van der Waals surface area (Å²) in [6.45, 7) is 11.6. The summed E-state index contributed by atoms with van der Waals surface area (Å²) < 4.78 is 6.05. The third kappa shape index (κ3) is 4.79. The Morgan fingerprint density at radius 3 is 2.62 bits per heavy atom. The summed E-state index contributed by atoms with van der Waals surface area (Å²) in [6.07, 6.45) is -0.242. The smallest absolute Gasteiger partial charge is 0.222 e. The summed E-state index contributed by atoms with van der Waals surface area (Å²) in [5.74, 6) is 1.48. The van der Waals surface area contributed by atoms with Gasteiger partial charge in [0.2, 0.25) is 5.88 Å². The maximum atomic E-state index is 10.0. The molecule has 1 aliphatic rings. The maximum Gasteiger partial charge on any atom is 0.222 e. The van der Waals surface area contributed by atoms with Crippen LogP contribution in [0.25, 0.3) is 22.3 Å². The lowest BCUT2D eigenvalue weighted by molar-refractivity contribution is 0.0517. The van der Waals surface area contributed by atoms with Crippen molar-refractivity contribution in [1.29, 1.82) is 0 Å². The van der Waals surface area contributed by atoms with Crippen molar-refractivity contribution in [3.8, 4) is 17.3 Å². The monoisotopic (exact) mass is 501 g/mol. The van der Waals surface area contributed by atoms with Crippen molar-refractivity contribution < 1.29 is 14.9 Å². The van der Waals surface area contributed by atoms with E-state index in [-0.39, 0.29) is 13.2 Å². The second-order valence-corrected chi connectivity index (χ2v) is 10.3. The second-order valence-electron chi connectivity index (χ2n) is 10.3. The van der Waals surface area contributed by atoms with Crippen molar-refractivity contribution in [3.05, 3.63) is 64.0 Å². The SMILES string of the molecule is Cc1ccc(C(C)C)cc1N1CCc2nc(-c3c(C)ccc4[nH]nc(C)c34)nc(OC[C@H](O)CO)c2C1. The highest BCUT2D eigenvalue weighted by Crippen LogP contribution is 2.36. The zero-order chi connectivity index (χ0) is 26.3. The Kier molecular flexibility index (Phi) is 6.88. The molecule has 3 N–H and O–H groups in total. The fourth-order valence-corrected chi connectivity index (χ4v) is 5.04. The van der Waals surface area contributed by atoms with Crippen molar-refractivity contribution in [2.45, 2.75) is 59.6 Å². The average molecular weight is 502 g/mol. The number of anilines is 1. The number of aromatic amines is 1. The standard InChI is InChI=1S/C29H35N5O3/c1-16(2)20-8-6-17(3)25(12-20)34-11-10-23-22(13-34)29(37-15-21(36)14-35)31-28(30-23)26-18(4)7-9-24-27(26)19(5)32-33-24/h6-9,12,16,21,35-36H,10-11,13-15H2,1-5H3,(H,32,33)/t21-/m1/s1. The molecular weight excluding hydrogens is 466 g/mol. The third-order valence-corrected chi connectivity index (χ3v) is 7.23. The molecule has 8 nitrogen and oxygen atoms in total. The number of hydrogen-bond acceptors (Lipinski definition) is 7. The van der Waals surface area contributed by atoms with Gasteiger partial charge in [-0.3, -0.25) is 5.10 Å². The van der Waals surface area contributed by atoms with Crippen LogP contribution in [0.3, 0.4) is 0 Å². The van der Waals surface area contributed by atoms with Crippen LogP contribution >= 0.6 is 0 Å². The number of aliphatic hydroxyl groups is 2. The normalized spacial score (nSPS) is 14.3. The second kappa shape index (κ2) is 10.1. The van der Waals surface area contributed by atoms with Gasteiger partial charge in [-0.25, -0.2) is 4.98 Å². The van der Waals surface area contributed by atoms with Gasteiger partial charge in [0.25, 0.3) is 0 Å². The molecule has 3 heterocycles. The Balaban J connectivity index is 1.60. The number of nitrogens with one attached hydrogen (secondary N) is 1. The lowest BCUT2D eigenvalue weighted by Crippen LogP contribution is -2.33. The number of fused-ring (bicyclic) bond motifs is 2. The molecule has 1 atom stereocenters. The number of nitrogens with zero attached hydrogens (tertiary/aromatic N) is 4. The molecule has 0 spiro atoms. The zero-order valence-corrected chi connectivity index (χ0v) is 22.2. The Bertz CT molecular complexity index is 1450. The molecule has 0 fully saturated rings. The molecule has 1 aliphatic heterocycles. The first-order chi connectivity index (χ1) is 17.8. The molecule has 0 saturated carbocycles. The molecule has 0 radical (unpaired) electrons. The van der Waals surface area contributed by atoms with Gasteiger partial charge >= 0.3 is 0 Å². The molecule has 0 amide bonds. The van der Waals surface area contributed by atoms with E-state index in [0.29, 0.717) is 24.2 Å². The van der Waals surface area contributed by atoms with Gasteiger partial charge in [0.05, 0.1) is 35.6 Å². The molecule has 0 aliphatic carbocycles. The molecule has 0 saturated heterocycles. The van der Waals surface area contributed by atoms with Crippen LogP contribution in [-0.4, -0.2) is 56.2 Å². The van der Waals surface area contributed by atoms with Gasteiger partial charge in [0.15, 0.2) is 5.82 Å². The first-order valence-electron chi connectivity index (χ1n) is 12.9. The van der Waals surface area contributed by atoms with Crippen molar-refractivity contribution >= 4 is 16.6 Å². The summed E-state index contributed by atoms with van der Waals surface area (Å²) >= 11 is 0. The molecule has 2 aromatic heterocycles. The lowest BCUT2D eigenvalue weighted by atomic mass is 9.98. The van der Waals surface area contributed by atoms with Crippen LogP contribution in [0.15, 0.2) is 30.3 Å². The summed E-state index contributed by atoms with van der Waals surface area (Å²) in [6, 6.07) is 10.7. The molecule has 5 rings (SSSR count). The third-order valence-electron chi connectivity index (χ3n) is 7.23. The first kappa shape index (κ1) is 25.2. The van der Waals surface area contributed by atoms with Gasteiger partial charge in [0.1, 0.15) is 12.7 Å². The van der Waals surface area contributed by atoms with E-state index in [1.807, 2.05) is 26.0 Å². The first-order valence-corrected chi connectivity index (χ1v) is 12.9. The molecular formula is C29H35N5O3. The number of aromatic nitrogens is 4. The van der Waals surface area contributed by atoms with E-state index in [2.05, 4.69) is 54.1 Å². The number of H-pyrrole nitrogens is 1. The molecule has 0 unspecified atom stereocenters. The van der Waals surface area contributed by atoms with Crippen LogP contribution in [0.2, 0.25) is 0 Å². The minimum Gasteiger partial charge on any atom is -0.474 e. The molecule has 8 heteroatoms. The largest absolute Gasteiger partial charge is 0.474 e. The van der Waals surface area contributed by atoms with Gasteiger partial charge in [-0.2, -0.15) is 10.1 Å². The van der Waals surface area contributed by atoms with Crippen molar-refractivity contribution in [1.82, 2.24) is 20.2 Å². The number of ether oxygens (including phenoxy) is 1. The molecule has 4 aromatic rings. The predicted octanol–water partition coefficient (Wildman–Crippen LogP) is 4.36. The van der Waals surface area contributed by atoms with E-state index < -0.39 is 6.10 Å². The highest BCUT2D eigenvalue weighted by Gasteiger charge is 2.27. The van der Waals surface area contributed by atoms with E-state index >= 15 is 0 Å². The van der Waals surface area contributed by atoms with Crippen LogP contribution in [0, 0.1) is 20.8 Å². The quantitative estimate of drug-likeness (QED) is 0.345. The summed E-state index contributed by atoms with van der Waals surface area (Å²) in [5, 5.41) is 27.8. The maximum absolute atomic E-state index is 10.0. The predicted molar refractivity (Wildman–Crippen MR) is 145 cm³/mol. The van der Waals surface area contributed by atoms with Crippen LogP contribution < -0.4 is 9.64 Å². The van der Waals surface area contributed by atoms with Gasteiger partial charge in [0, 0.05) is 29.6 Å². The van der Waals surface area contributed by atoms with Crippen LogP contribution in [0.4, 0.5) is 5.69 Å². The average Bonchev–Trinajstić information content (AvgIpc) is 3.27. The van der Waals surface area contributed by atoms with Crippen molar-refractivity contribution in [3.63, 3.8) is 0 Å².